The first-order chi connectivity index (χ1) is 29.0. The molecule has 4 nitrogen and oxygen atoms in total. The van der Waals surface area contributed by atoms with Gasteiger partial charge in [0.05, 0.1) is 30.2 Å². The summed E-state index contributed by atoms with van der Waals surface area (Å²) in [6.45, 7) is 4.70. The second-order valence-electron chi connectivity index (χ2n) is 16.7. The van der Waals surface area contributed by atoms with Gasteiger partial charge < -0.3 is 5.32 Å². The summed E-state index contributed by atoms with van der Waals surface area (Å²) in [5, 5.41) is 18.1. The Morgan fingerprint density at radius 2 is 0.983 bits per heavy atom. The minimum Gasteiger partial charge on any atom is -0.374 e. The van der Waals surface area contributed by atoms with Gasteiger partial charge >= 0.3 is 0 Å². The SMILES string of the molecule is CC1(C)c2ccccc2-c2cc(-c3cc(-c4ccc(C5=c6ccccc6=C6C=CC=CC6N5)cc4)cc(C4NC(c5ccccc5)NC(c5ccccc5)N4)c3)ccc21. The molecule has 0 saturated carbocycles. The van der Waals surface area contributed by atoms with Gasteiger partial charge in [-0.25, -0.2) is 0 Å². The maximum absolute atomic E-state index is 3.95. The molecule has 4 heteroatoms. The van der Waals surface area contributed by atoms with E-state index in [1.165, 1.54) is 88.5 Å². The first-order valence-electron chi connectivity index (χ1n) is 20.8. The predicted octanol–water partition coefficient (Wildman–Crippen LogP) is 9.91. The van der Waals surface area contributed by atoms with E-state index in [2.05, 4.69) is 229 Å². The van der Waals surface area contributed by atoms with Crippen LogP contribution in [0.3, 0.4) is 0 Å². The van der Waals surface area contributed by atoms with Crippen LogP contribution in [0.2, 0.25) is 0 Å². The van der Waals surface area contributed by atoms with Crippen molar-refractivity contribution in [1.29, 1.82) is 0 Å². The smallest absolute Gasteiger partial charge is 0.0865 e. The highest BCUT2D eigenvalue weighted by molar-refractivity contribution is 5.86. The molecule has 1 fully saturated rings. The van der Waals surface area contributed by atoms with E-state index in [4.69, 9.17) is 0 Å². The molecule has 2 aliphatic heterocycles. The number of allylic oxidation sites excluding steroid dienone is 2. The molecule has 0 bridgehead atoms. The number of nitrogens with one attached hydrogen (secondary N) is 4. The molecule has 286 valence electrons. The molecular weight excluding hydrogens is 717 g/mol. The molecule has 1 saturated heterocycles. The van der Waals surface area contributed by atoms with Crippen LogP contribution < -0.4 is 31.7 Å². The second kappa shape index (κ2) is 14.4. The van der Waals surface area contributed by atoms with E-state index < -0.39 is 0 Å². The summed E-state index contributed by atoms with van der Waals surface area (Å²) in [7, 11) is 0. The molecule has 59 heavy (non-hydrogen) atoms. The van der Waals surface area contributed by atoms with Gasteiger partial charge in [0.1, 0.15) is 0 Å². The maximum atomic E-state index is 3.95. The Labute approximate surface area is 346 Å². The van der Waals surface area contributed by atoms with Crippen LogP contribution in [-0.2, 0) is 5.41 Å². The molecule has 2 aliphatic carbocycles. The third kappa shape index (κ3) is 6.29. The Hall–Kier alpha value is -6.56. The average molecular weight is 763 g/mol. The van der Waals surface area contributed by atoms with Crippen LogP contribution in [0.5, 0.6) is 0 Å². The third-order valence-corrected chi connectivity index (χ3v) is 12.8. The minimum absolute atomic E-state index is 0.0453. The Morgan fingerprint density at radius 3 is 1.69 bits per heavy atom. The molecular formula is C55H46N4. The summed E-state index contributed by atoms with van der Waals surface area (Å²) in [6, 6.07) is 62.6. The summed E-state index contributed by atoms with van der Waals surface area (Å²) in [5.41, 5.74) is 17.4. The van der Waals surface area contributed by atoms with Crippen LogP contribution in [0.15, 0.2) is 194 Å². The first-order valence-corrected chi connectivity index (χ1v) is 20.8. The topological polar surface area (TPSA) is 48.1 Å². The van der Waals surface area contributed by atoms with Crippen molar-refractivity contribution in [3.8, 4) is 33.4 Å². The van der Waals surface area contributed by atoms with E-state index in [1.54, 1.807) is 0 Å². The van der Waals surface area contributed by atoms with Crippen molar-refractivity contribution >= 4 is 11.3 Å². The Bertz CT molecular complexity index is 2880. The van der Waals surface area contributed by atoms with Crippen molar-refractivity contribution in [2.24, 2.45) is 0 Å². The summed E-state index contributed by atoms with van der Waals surface area (Å²) < 4.78 is 0. The van der Waals surface area contributed by atoms with Gasteiger partial charge in [0.2, 0.25) is 0 Å². The van der Waals surface area contributed by atoms with Crippen LogP contribution in [0.25, 0.3) is 44.7 Å². The number of rotatable bonds is 6. The van der Waals surface area contributed by atoms with Gasteiger partial charge in [0, 0.05) is 10.6 Å². The third-order valence-electron chi connectivity index (χ3n) is 12.8. The highest BCUT2D eigenvalue weighted by atomic mass is 15.4. The van der Waals surface area contributed by atoms with Crippen LogP contribution in [0, 0.1) is 0 Å². The summed E-state index contributed by atoms with van der Waals surface area (Å²) in [4.78, 5) is 0. The lowest BCUT2D eigenvalue weighted by Gasteiger charge is -2.40. The lowest BCUT2D eigenvalue weighted by Crippen LogP contribution is -2.54. The molecule has 3 atom stereocenters. The van der Waals surface area contributed by atoms with Gasteiger partial charge in [-0.05, 0) is 102 Å². The lowest BCUT2D eigenvalue weighted by molar-refractivity contribution is 0.203. The molecule has 0 amide bonds. The van der Waals surface area contributed by atoms with E-state index in [0.717, 1.165) is 0 Å². The molecule has 4 N–H and O–H groups in total. The lowest BCUT2D eigenvalue weighted by atomic mass is 9.82. The van der Waals surface area contributed by atoms with Crippen molar-refractivity contribution in [3.63, 3.8) is 0 Å². The maximum Gasteiger partial charge on any atom is 0.0865 e. The van der Waals surface area contributed by atoms with Crippen LogP contribution in [0.1, 0.15) is 65.7 Å². The zero-order valence-corrected chi connectivity index (χ0v) is 33.3. The normalized spacial score (nSPS) is 20.9. The van der Waals surface area contributed by atoms with Gasteiger partial charge in [-0.2, -0.15) is 0 Å². The molecule has 3 unspecified atom stereocenters. The average Bonchev–Trinajstić information content (AvgIpc) is 3.54. The highest BCUT2D eigenvalue weighted by Gasteiger charge is 2.35. The number of hydrogen-bond donors (Lipinski definition) is 4. The standard InChI is InChI=1S/C55H46N4/c1-55(2)48-23-13-11-20-44(48)47-34-39(29-30-49(47)55)41-31-40(35-25-27-36(28-26-35)51-46-22-10-9-19-43(46)45-21-12-14-24-50(45)56-51)32-42(33-41)54-58-52(37-15-5-3-6-16-37)57-53(59-54)38-17-7-4-8-18-38/h3-34,50,52-54,56-59H,1-2H3. The van der Waals surface area contributed by atoms with Gasteiger partial charge in [-0.3, -0.25) is 16.0 Å². The number of fused-ring (bicyclic) bond motifs is 5. The van der Waals surface area contributed by atoms with E-state index in [1.807, 2.05) is 0 Å². The van der Waals surface area contributed by atoms with Gasteiger partial charge in [0.25, 0.3) is 0 Å². The van der Waals surface area contributed by atoms with E-state index in [9.17, 15) is 0 Å². The monoisotopic (exact) mass is 762 g/mol. The van der Waals surface area contributed by atoms with E-state index in [-0.39, 0.29) is 30.0 Å². The molecule has 7 aromatic rings. The zero-order valence-electron chi connectivity index (χ0n) is 33.3. The van der Waals surface area contributed by atoms with E-state index in [0.29, 0.717) is 0 Å². The van der Waals surface area contributed by atoms with E-state index >= 15 is 0 Å². The highest BCUT2D eigenvalue weighted by Crippen LogP contribution is 2.49. The number of benzene rings is 7. The van der Waals surface area contributed by atoms with Gasteiger partial charge in [-0.1, -0.05) is 184 Å². The van der Waals surface area contributed by atoms with Crippen molar-refractivity contribution in [2.75, 3.05) is 0 Å². The predicted molar refractivity (Wildman–Crippen MR) is 242 cm³/mol. The molecule has 7 aromatic carbocycles. The Morgan fingerprint density at radius 1 is 0.424 bits per heavy atom. The second-order valence-corrected chi connectivity index (χ2v) is 16.7. The molecule has 11 rings (SSSR count). The van der Waals surface area contributed by atoms with Gasteiger partial charge in [0.15, 0.2) is 0 Å². The zero-order chi connectivity index (χ0) is 39.5. The quantitative estimate of drug-likeness (QED) is 0.136. The van der Waals surface area contributed by atoms with Gasteiger partial charge in [-0.15, -0.1) is 0 Å². The summed E-state index contributed by atoms with van der Waals surface area (Å²) in [5.74, 6) is 0. The van der Waals surface area contributed by atoms with Crippen molar-refractivity contribution in [1.82, 2.24) is 21.3 Å². The minimum atomic E-state index is -0.139. The van der Waals surface area contributed by atoms with Crippen molar-refractivity contribution < 1.29 is 0 Å². The van der Waals surface area contributed by atoms with Crippen molar-refractivity contribution in [2.45, 2.75) is 43.8 Å². The van der Waals surface area contributed by atoms with Crippen LogP contribution >= 0.6 is 0 Å². The molecule has 2 heterocycles. The fourth-order valence-electron chi connectivity index (χ4n) is 9.74. The van der Waals surface area contributed by atoms with Crippen molar-refractivity contribution in [3.05, 3.63) is 238 Å². The molecule has 0 radical (unpaired) electrons. The van der Waals surface area contributed by atoms with Crippen LogP contribution in [0.4, 0.5) is 0 Å². The summed E-state index contributed by atoms with van der Waals surface area (Å²) >= 11 is 0. The molecule has 4 aliphatic rings. The molecule has 0 aromatic heterocycles. The first kappa shape index (κ1) is 35.6. The fraction of sp³-hybridized carbons (Fsp3) is 0.127. The number of hydrogen-bond acceptors (Lipinski definition) is 4. The largest absolute Gasteiger partial charge is 0.374 e. The van der Waals surface area contributed by atoms with Crippen LogP contribution in [-0.4, -0.2) is 6.04 Å². The molecule has 0 spiro atoms. The summed E-state index contributed by atoms with van der Waals surface area (Å²) in [6.07, 6.45) is 8.49. The Balaban J connectivity index is 1.04. The fourth-order valence-corrected chi connectivity index (χ4v) is 9.74. The Kier molecular flexibility index (Phi) is 8.67.